The molecule has 0 spiro atoms. The third-order valence-electron chi connectivity index (χ3n) is 2.91. The maximum absolute atomic E-state index is 14.2. The summed E-state index contributed by atoms with van der Waals surface area (Å²) in [6.07, 6.45) is 0.776. The Balaban J connectivity index is 2.58. The van der Waals surface area contributed by atoms with E-state index in [1.54, 1.807) is 12.1 Å². The summed E-state index contributed by atoms with van der Waals surface area (Å²) in [4.78, 5) is 11.6. The first kappa shape index (κ1) is 12.9. The fraction of sp³-hybridized carbons (Fsp3) is 0.500. The van der Waals surface area contributed by atoms with Gasteiger partial charge in [-0.1, -0.05) is 0 Å². The van der Waals surface area contributed by atoms with Gasteiger partial charge < -0.3 is 9.47 Å². The molecule has 1 aromatic carbocycles. The molecule has 0 N–H and O–H groups in total. The van der Waals surface area contributed by atoms with Crippen LogP contribution in [0.1, 0.15) is 43.1 Å². The molecule has 1 heterocycles. The fourth-order valence-corrected chi connectivity index (χ4v) is 1.99. The van der Waals surface area contributed by atoms with Crippen LogP contribution in [0.5, 0.6) is 11.5 Å². The van der Waals surface area contributed by atoms with E-state index >= 15 is 0 Å². The molecule has 18 heavy (non-hydrogen) atoms. The largest absolute Gasteiger partial charge is 0.490 e. The molecule has 0 aromatic heterocycles. The molecule has 0 saturated heterocycles. The molecule has 3 nitrogen and oxygen atoms in total. The van der Waals surface area contributed by atoms with Crippen LogP contribution in [0.25, 0.3) is 0 Å². The number of benzene rings is 1. The van der Waals surface area contributed by atoms with Crippen molar-refractivity contribution >= 4 is 5.78 Å². The van der Waals surface area contributed by atoms with Gasteiger partial charge in [-0.3, -0.25) is 4.79 Å². The minimum atomic E-state index is -1.59. The van der Waals surface area contributed by atoms with Crippen molar-refractivity contribution in [2.24, 2.45) is 0 Å². The van der Waals surface area contributed by atoms with Crippen LogP contribution in [0.4, 0.5) is 4.39 Å². The van der Waals surface area contributed by atoms with Crippen LogP contribution in [-0.4, -0.2) is 19.0 Å². The standard InChI is InChI=1S/C14H17FO3/c1-9(16)10-7-12-13(18-6-4-5-17-12)8-11(10)14(2,3)15/h7-8H,4-6H2,1-3H3. The molecule has 1 aliphatic rings. The third kappa shape index (κ3) is 2.47. The second-order valence-electron chi connectivity index (χ2n) is 4.92. The predicted molar refractivity (Wildman–Crippen MR) is 66.2 cm³/mol. The minimum Gasteiger partial charge on any atom is -0.490 e. The zero-order chi connectivity index (χ0) is 13.3. The number of carbonyl (C=O) groups is 1. The van der Waals surface area contributed by atoms with E-state index < -0.39 is 5.67 Å². The van der Waals surface area contributed by atoms with Gasteiger partial charge in [-0.05, 0) is 32.9 Å². The first-order valence-corrected chi connectivity index (χ1v) is 6.03. The predicted octanol–water partition coefficient (Wildman–Crippen LogP) is 3.26. The zero-order valence-electron chi connectivity index (χ0n) is 10.9. The van der Waals surface area contributed by atoms with Gasteiger partial charge in [0.05, 0.1) is 13.2 Å². The molecule has 0 fully saturated rings. The van der Waals surface area contributed by atoms with Gasteiger partial charge in [-0.2, -0.15) is 0 Å². The number of Topliss-reactive ketones (excluding diaryl/α,β-unsaturated/α-hetero) is 1. The van der Waals surface area contributed by atoms with E-state index in [2.05, 4.69) is 0 Å². The van der Waals surface area contributed by atoms with Crippen LogP contribution in [0, 0.1) is 0 Å². The summed E-state index contributed by atoms with van der Waals surface area (Å²) in [6.45, 7) is 5.37. The van der Waals surface area contributed by atoms with Gasteiger partial charge in [0.15, 0.2) is 17.3 Å². The number of halogens is 1. The summed E-state index contributed by atoms with van der Waals surface area (Å²) >= 11 is 0. The molecule has 0 atom stereocenters. The molecule has 0 radical (unpaired) electrons. The fourth-order valence-electron chi connectivity index (χ4n) is 1.99. The number of ketones is 1. The maximum atomic E-state index is 14.2. The molecule has 0 bridgehead atoms. The number of rotatable bonds is 2. The zero-order valence-corrected chi connectivity index (χ0v) is 10.9. The second kappa shape index (κ2) is 4.59. The Labute approximate surface area is 106 Å². The molecule has 1 aliphatic heterocycles. The highest BCUT2D eigenvalue weighted by Gasteiger charge is 2.27. The number of ether oxygens (including phenoxy) is 2. The van der Waals surface area contributed by atoms with Crippen LogP contribution >= 0.6 is 0 Å². The van der Waals surface area contributed by atoms with Crippen molar-refractivity contribution in [3.05, 3.63) is 23.3 Å². The Morgan fingerprint density at radius 1 is 1.22 bits per heavy atom. The molecule has 0 amide bonds. The van der Waals surface area contributed by atoms with Crippen molar-refractivity contribution in [3.8, 4) is 11.5 Å². The lowest BCUT2D eigenvalue weighted by Gasteiger charge is -2.20. The molecule has 0 aliphatic carbocycles. The smallest absolute Gasteiger partial charge is 0.161 e. The number of fused-ring (bicyclic) bond motifs is 1. The van der Waals surface area contributed by atoms with Crippen molar-refractivity contribution < 1.29 is 18.7 Å². The number of hydrogen-bond acceptors (Lipinski definition) is 3. The van der Waals surface area contributed by atoms with E-state index in [9.17, 15) is 9.18 Å². The van der Waals surface area contributed by atoms with Crippen molar-refractivity contribution in [2.45, 2.75) is 32.9 Å². The highest BCUT2D eigenvalue weighted by molar-refractivity contribution is 5.96. The Bertz CT molecular complexity index is 475. The first-order chi connectivity index (χ1) is 8.39. The lowest BCUT2D eigenvalue weighted by atomic mass is 9.92. The van der Waals surface area contributed by atoms with Crippen LogP contribution in [0.2, 0.25) is 0 Å². The molecular formula is C14H17FO3. The van der Waals surface area contributed by atoms with Crippen LogP contribution in [-0.2, 0) is 5.67 Å². The Kier molecular flexibility index (Phi) is 3.28. The van der Waals surface area contributed by atoms with Gasteiger partial charge in [0.2, 0.25) is 0 Å². The topological polar surface area (TPSA) is 35.5 Å². The average molecular weight is 252 g/mol. The number of alkyl halides is 1. The van der Waals surface area contributed by atoms with Crippen molar-refractivity contribution in [1.29, 1.82) is 0 Å². The summed E-state index contributed by atoms with van der Waals surface area (Å²) in [5, 5.41) is 0. The summed E-state index contributed by atoms with van der Waals surface area (Å²) in [5.41, 5.74) is -0.892. The third-order valence-corrected chi connectivity index (χ3v) is 2.91. The van der Waals surface area contributed by atoms with Crippen LogP contribution in [0.15, 0.2) is 12.1 Å². The van der Waals surface area contributed by atoms with Crippen LogP contribution in [0.3, 0.4) is 0 Å². The van der Waals surface area contributed by atoms with E-state index in [0.717, 1.165) is 6.42 Å². The van der Waals surface area contributed by atoms with Crippen LogP contribution < -0.4 is 9.47 Å². The molecular weight excluding hydrogens is 235 g/mol. The number of carbonyl (C=O) groups excluding carboxylic acids is 1. The summed E-state index contributed by atoms with van der Waals surface area (Å²) in [7, 11) is 0. The van der Waals surface area contributed by atoms with Gasteiger partial charge >= 0.3 is 0 Å². The van der Waals surface area contributed by atoms with E-state index in [1.807, 2.05) is 0 Å². The quantitative estimate of drug-likeness (QED) is 0.758. The van der Waals surface area contributed by atoms with E-state index in [0.29, 0.717) is 35.8 Å². The average Bonchev–Trinajstić information content (AvgIpc) is 2.50. The lowest BCUT2D eigenvalue weighted by Crippen LogP contribution is -2.15. The van der Waals surface area contributed by atoms with E-state index in [-0.39, 0.29) is 5.78 Å². The van der Waals surface area contributed by atoms with Gasteiger partial charge in [0.25, 0.3) is 0 Å². The van der Waals surface area contributed by atoms with Crippen molar-refractivity contribution in [2.75, 3.05) is 13.2 Å². The highest BCUT2D eigenvalue weighted by atomic mass is 19.1. The monoisotopic (exact) mass is 252 g/mol. The molecule has 2 rings (SSSR count). The van der Waals surface area contributed by atoms with Gasteiger partial charge in [0.1, 0.15) is 5.67 Å². The molecule has 0 unspecified atom stereocenters. The minimum absolute atomic E-state index is 0.175. The van der Waals surface area contributed by atoms with Gasteiger partial charge in [-0.25, -0.2) is 4.39 Å². The Hall–Kier alpha value is -1.58. The Morgan fingerprint density at radius 2 is 1.78 bits per heavy atom. The van der Waals surface area contributed by atoms with E-state index in [1.165, 1.54) is 20.8 Å². The maximum Gasteiger partial charge on any atom is 0.161 e. The van der Waals surface area contributed by atoms with Gasteiger partial charge in [0, 0.05) is 17.5 Å². The summed E-state index contributed by atoms with van der Waals surface area (Å²) in [5.74, 6) is 0.857. The first-order valence-electron chi connectivity index (χ1n) is 6.03. The Morgan fingerprint density at radius 3 is 2.28 bits per heavy atom. The van der Waals surface area contributed by atoms with E-state index in [4.69, 9.17) is 9.47 Å². The highest BCUT2D eigenvalue weighted by Crippen LogP contribution is 2.38. The second-order valence-corrected chi connectivity index (χ2v) is 4.92. The van der Waals surface area contributed by atoms with Gasteiger partial charge in [-0.15, -0.1) is 0 Å². The number of hydrogen-bond donors (Lipinski definition) is 0. The summed E-state index contributed by atoms with van der Waals surface area (Å²) < 4.78 is 25.2. The van der Waals surface area contributed by atoms with Crippen molar-refractivity contribution in [3.63, 3.8) is 0 Å². The SMILES string of the molecule is CC(=O)c1cc2c(cc1C(C)(C)F)OCCCO2. The molecule has 1 aromatic rings. The molecule has 4 heteroatoms. The molecule has 98 valence electrons. The summed E-state index contributed by atoms with van der Waals surface area (Å²) in [6, 6.07) is 3.16. The normalized spacial score (nSPS) is 15.1. The lowest BCUT2D eigenvalue weighted by molar-refractivity contribution is 0.101. The molecule has 0 saturated carbocycles. The van der Waals surface area contributed by atoms with Crippen molar-refractivity contribution in [1.82, 2.24) is 0 Å².